The lowest BCUT2D eigenvalue weighted by Gasteiger charge is -2.11. The molecule has 1 aromatic rings. The fourth-order valence-corrected chi connectivity index (χ4v) is 1.50. The number of alkyl halides is 3. The van der Waals surface area contributed by atoms with Crippen LogP contribution in [0.5, 0.6) is 0 Å². The molecule has 18 heavy (non-hydrogen) atoms. The Balaban J connectivity index is 3.73. The van der Waals surface area contributed by atoms with Crippen molar-refractivity contribution < 1.29 is 27.7 Å². The Morgan fingerprint density at radius 3 is 2.28 bits per heavy atom. The van der Waals surface area contributed by atoms with Gasteiger partial charge in [0.25, 0.3) is 10.9 Å². The molecule has 5 nitrogen and oxygen atoms in total. The van der Waals surface area contributed by atoms with Gasteiger partial charge in [0, 0.05) is 17.7 Å². The molecule has 0 amide bonds. The number of carbonyl (C=O) groups excluding carboxylic acids is 2. The average molecular weight is 282 g/mol. The van der Waals surface area contributed by atoms with Crippen molar-refractivity contribution in [2.75, 3.05) is 0 Å². The van der Waals surface area contributed by atoms with E-state index in [1.165, 1.54) is 0 Å². The lowest BCUT2D eigenvalue weighted by molar-refractivity contribution is -0.385. The standard InChI is InChI=1S/C9H3ClF3NO4/c10-8(16)7-4(3-15)1-5(14(17)18)2-6(7)9(11,12)13/h1-3H. The summed E-state index contributed by atoms with van der Waals surface area (Å²) >= 11 is 4.96. The Morgan fingerprint density at radius 1 is 1.39 bits per heavy atom. The van der Waals surface area contributed by atoms with Gasteiger partial charge in [0.15, 0.2) is 6.29 Å². The lowest BCUT2D eigenvalue weighted by atomic mass is 10.0. The minimum absolute atomic E-state index is 0.0994. The van der Waals surface area contributed by atoms with Crippen LogP contribution in [0.15, 0.2) is 12.1 Å². The van der Waals surface area contributed by atoms with Crippen molar-refractivity contribution in [3.8, 4) is 0 Å². The second-order valence-electron chi connectivity index (χ2n) is 3.10. The van der Waals surface area contributed by atoms with Gasteiger partial charge in [-0.2, -0.15) is 13.2 Å². The second kappa shape index (κ2) is 4.73. The van der Waals surface area contributed by atoms with Gasteiger partial charge in [-0.15, -0.1) is 0 Å². The van der Waals surface area contributed by atoms with Gasteiger partial charge in [0.1, 0.15) is 0 Å². The predicted molar refractivity (Wildman–Crippen MR) is 53.7 cm³/mol. The fraction of sp³-hybridized carbons (Fsp3) is 0.111. The molecule has 0 fully saturated rings. The molecule has 0 aliphatic rings. The SMILES string of the molecule is O=Cc1cc([N+](=O)[O-])cc(C(F)(F)F)c1C(=O)Cl. The van der Waals surface area contributed by atoms with E-state index in [2.05, 4.69) is 0 Å². The number of carbonyl (C=O) groups is 2. The molecule has 0 saturated heterocycles. The van der Waals surface area contributed by atoms with Gasteiger partial charge in [0.05, 0.1) is 16.1 Å². The van der Waals surface area contributed by atoms with Gasteiger partial charge in [0.2, 0.25) is 0 Å². The third-order valence-corrected chi connectivity index (χ3v) is 2.18. The Morgan fingerprint density at radius 2 is 1.94 bits per heavy atom. The third-order valence-electron chi connectivity index (χ3n) is 1.99. The summed E-state index contributed by atoms with van der Waals surface area (Å²) in [6.45, 7) is 0. The molecule has 0 heterocycles. The monoisotopic (exact) mass is 281 g/mol. The summed E-state index contributed by atoms with van der Waals surface area (Å²) in [7, 11) is 0. The van der Waals surface area contributed by atoms with Gasteiger partial charge in [-0.1, -0.05) is 0 Å². The van der Waals surface area contributed by atoms with Gasteiger partial charge >= 0.3 is 6.18 Å². The first kappa shape index (κ1) is 14.1. The van der Waals surface area contributed by atoms with E-state index in [1.807, 2.05) is 0 Å². The highest BCUT2D eigenvalue weighted by atomic mass is 35.5. The molecule has 0 saturated carbocycles. The van der Waals surface area contributed by atoms with Crippen LogP contribution in [0.2, 0.25) is 0 Å². The summed E-state index contributed by atoms with van der Waals surface area (Å²) in [5, 5.41) is 8.92. The lowest BCUT2D eigenvalue weighted by Crippen LogP contribution is -2.14. The maximum atomic E-state index is 12.6. The summed E-state index contributed by atoms with van der Waals surface area (Å²) in [4.78, 5) is 30.8. The van der Waals surface area contributed by atoms with Crippen LogP contribution in [-0.4, -0.2) is 16.5 Å². The zero-order valence-electron chi connectivity index (χ0n) is 8.32. The van der Waals surface area contributed by atoms with Crippen LogP contribution in [-0.2, 0) is 6.18 Å². The number of nitro benzene ring substituents is 1. The molecule has 0 bridgehead atoms. The first-order valence-electron chi connectivity index (χ1n) is 4.23. The molecular formula is C9H3ClF3NO4. The molecule has 0 aliphatic carbocycles. The van der Waals surface area contributed by atoms with Crippen molar-refractivity contribution in [3.63, 3.8) is 0 Å². The molecule has 1 rings (SSSR count). The number of benzene rings is 1. The Kier molecular flexibility index (Phi) is 3.70. The first-order chi connectivity index (χ1) is 8.18. The largest absolute Gasteiger partial charge is 0.417 e. The van der Waals surface area contributed by atoms with Gasteiger partial charge < -0.3 is 0 Å². The van der Waals surface area contributed by atoms with Crippen molar-refractivity contribution in [3.05, 3.63) is 38.9 Å². The zero-order valence-corrected chi connectivity index (χ0v) is 9.08. The molecule has 1 aromatic carbocycles. The zero-order chi connectivity index (χ0) is 14.1. The summed E-state index contributed by atoms with van der Waals surface area (Å²) in [6.07, 6.45) is -5.14. The molecule has 0 unspecified atom stereocenters. The quantitative estimate of drug-likeness (QED) is 0.369. The molecule has 0 spiro atoms. The van der Waals surface area contributed by atoms with Crippen molar-refractivity contribution in [2.24, 2.45) is 0 Å². The topological polar surface area (TPSA) is 77.3 Å². The van der Waals surface area contributed by atoms with Crippen molar-refractivity contribution in [1.82, 2.24) is 0 Å². The summed E-state index contributed by atoms with van der Waals surface area (Å²) < 4.78 is 37.9. The number of hydrogen-bond donors (Lipinski definition) is 0. The average Bonchev–Trinajstić information content (AvgIpc) is 2.25. The molecule has 9 heteroatoms. The number of nitrogens with zero attached hydrogens (tertiary/aromatic N) is 1. The van der Waals surface area contributed by atoms with Crippen LogP contribution in [0.4, 0.5) is 18.9 Å². The first-order valence-corrected chi connectivity index (χ1v) is 4.61. The minimum atomic E-state index is -5.04. The molecule has 0 atom stereocenters. The van der Waals surface area contributed by atoms with Crippen LogP contribution in [0.3, 0.4) is 0 Å². The van der Waals surface area contributed by atoms with Crippen molar-refractivity contribution in [2.45, 2.75) is 6.18 Å². The fourth-order valence-electron chi connectivity index (χ4n) is 1.29. The van der Waals surface area contributed by atoms with Gasteiger partial charge in [-0.3, -0.25) is 19.7 Å². The van der Waals surface area contributed by atoms with Crippen LogP contribution >= 0.6 is 11.6 Å². The smallest absolute Gasteiger partial charge is 0.298 e. The Hall–Kier alpha value is -1.96. The van der Waals surface area contributed by atoms with Crippen LogP contribution < -0.4 is 0 Å². The number of aldehydes is 1. The number of halogens is 4. The second-order valence-corrected chi connectivity index (χ2v) is 3.45. The predicted octanol–water partition coefficient (Wildman–Crippen LogP) is 2.81. The highest BCUT2D eigenvalue weighted by molar-refractivity contribution is 6.68. The van der Waals surface area contributed by atoms with E-state index >= 15 is 0 Å². The minimum Gasteiger partial charge on any atom is -0.298 e. The Bertz CT molecular complexity index is 541. The van der Waals surface area contributed by atoms with Gasteiger partial charge in [-0.25, -0.2) is 0 Å². The van der Waals surface area contributed by atoms with E-state index in [0.717, 1.165) is 0 Å². The highest BCUT2D eigenvalue weighted by Crippen LogP contribution is 2.36. The normalized spacial score (nSPS) is 11.1. The van der Waals surface area contributed by atoms with Crippen LogP contribution in [0.1, 0.15) is 26.3 Å². The van der Waals surface area contributed by atoms with E-state index < -0.39 is 38.7 Å². The highest BCUT2D eigenvalue weighted by Gasteiger charge is 2.38. The van der Waals surface area contributed by atoms with E-state index in [-0.39, 0.29) is 12.4 Å². The van der Waals surface area contributed by atoms with E-state index in [9.17, 15) is 32.9 Å². The molecule has 0 aliphatic heterocycles. The van der Waals surface area contributed by atoms with Crippen molar-refractivity contribution in [1.29, 1.82) is 0 Å². The molecular weight excluding hydrogens is 279 g/mol. The maximum Gasteiger partial charge on any atom is 0.417 e. The van der Waals surface area contributed by atoms with Gasteiger partial charge in [-0.05, 0) is 11.6 Å². The van der Waals surface area contributed by atoms with E-state index in [0.29, 0.717) is 6.07 Å². The summed E-state index contributed by atoms with van der Waals surface area (Å²) in [6, 6.07) is 0.709. The van der Waals surface area contributed by atoms with Crippen LogP contribution in [0.25, 0.3) is 0 Å². The van der Waals surface area contributed by atoms with E-state index in [4.69, 9.17) is 11.6 Å². The van der Waals surface area contributed by atoms with Crippen molar-refractivity contribution >= 4 is 28.8 Å². The summed E-state index contributed by atoms with van der Waals surface area (Å²) in [5.74, 6) is 0. The molecule has 96 valence electrons. The number of hydrogen-bond acceptors (Lipinski definition) is 4. The third kappa shape index (κ3) is 2.65. The molecule has 0 N–H and O–H groups in total. The number of nitro groups is 1. The van der Waals surface area contributed by atoms with Crippen LogP contribution in [0, 0.1) is 10.1 Å². The molecule has 0 radical (unpaired) electrons. The van der Waals surface area contributed by atoms with E-state index in [1.54, 1.807) is 0 Å². The maximum absolute atomic E-state index is 12.6. The summed E-state index contributed by atoms with van der Waals surface area (Å²) in [5.41, 5.74) is -4.44. The number of rotatable bonds is 3. The molecule has 0 aromatic heterocycles. The Labute approximate surface area is 102 Å². The number of non-ortho nitro benzene ring substituents is 1.